The third-order valence-corrected chi connectivity index (χ3v) is 1.50. The van der Waals surface area contributed by atoms with E-state index in [1.165, 1.54) is 6.08 Å². The van der Waals surface area contributed by atoms with E-state index in [2.05, 4.69) is 22.5 Å². The summed E-state index contributed by atoms with van der Waals surface area (Å²) in [6.07, 6.45) is 2.87. The molecule has 0 saturated heterocycles. The highest BCUT2D eigenvalue weighted by Crippen LogP contribution is 2.17. The first-order valence-electron chi connectivity index (χ1n) is 4.09. The SMILES string of the molecule is C=C(Br)/C(F)=C\C(=C/C)CO.CC. The first-order valence-corrected chi connectivity index (χ1v) is 4.89. The van der Waals surface area contributed by atoms with Crippen molar-refractivity contribution in [2.75, 3.05) is 6.61 Å². The Balaban J connectivity index is 0. The maximum Gasteiger partial charge on any atom is 0.137 e. The number of allylic oxidation sites excluding steroid dienone is 3. The van der Waals surface area contributed by atoms with Crippen molar-refractivity contribution in [3.05, 3.63) is 34.6 Å². The molecule has 3 heteroatoms. The lowest BCUT2D eigenvalue weighted by atomic mass is 10.2. The van der Waals surface area contributed by atoms with Gasteiger partial charge in [0.1, 0.15) is 5.83 Å². The van der Waals surface area contributed by atoms with Gasteiger partial charge < -0.3 is 5.11 Å². The second-order valence-electron chi connectivity index (χ2n) is 1.92. The van der Waals surface area contributed by atoms with Crippen LogP contribution < -0.4 is 0 Å². The summed E-state index contributed by atoms with van der Waals surface area (Å²) in [5.41, 5.74) is 0.531. The molecule has 0 aliphatic carbocycles. The Morgan fingerprint density at radius 3 is 2.23 bits per heavy atom. The average Bonchev–Trinajstić information content (AvgIpc) is 2.16. The Kier molecular flexibility index (Phi) is 11.2. The van der Waals surface area contributed by atoms with Crippen molar-refractivity contribution in [1.82, 2.24) is 0 Å². The minimum atomic E-state index is -0.466. The molecule has 0 aromatic rings. The highest BCUT2D eigenvalue weighted by atomic mass is 79.9. The summed E-state index contributed by atoms with van der Waals surface area (Å²) in [7, 11) is 0. The molecule has 0 aliphatic rings. The largest absolute Gasteiger partial charge is 0.392 e. The van der Waals surface area contributed by atoms with E-state index in [0.717, 1.165) is 0 Å². The van der Waals surface area contributed by atoms with Crippen LogP contribution in [0.25, 0.3) is 0 Å². The van der Waals surface area contributed by atoms with Gasteiger partial charge in [-0.1, -0.05) is 26.5 Å². The van der Waals surface area contributed by atoms with Crippen molar-refractivity contribution in [2.45, 2.75) is 20.8 Å². The van der Waals surface area contributed by atoms with Gasteiger partial charge in [-0.3, -0.25) is 0 Å². The summed E-state index contributed by atoms with van der Waals surface area (Å²) in [6, 6.07) is 0. The fourth-order valence-electron chi connectivity index (χ4n) is 0.461. The fraction of sp³-hybridized carbons (Fsp3) is 0.400. The van der Waals surface area contributed by atoms with Crippen molar-refractivity contribution in [3.8, 4) is 0 Å². The smallest absolute Gasteiger partial charge is 0.137 e. The summed E-state index contributed by atoms with van der Waals surface area (Å²) >= 11 is 2.88. The zero-order chi connectivity index (χ0) is 10.9. The van der Waals surface area contributed by atoms with E-state index >= 15 is 0 Å². The van der Waals surface area contributed by atoms with Crippen LogP contribution in [0.3, 0.4) is 0 Å². The third kappa shape index (κ3) is 7.94. The summed E-state index contributed by atoms with van der Waals surface area (Å²) < 4.78 is 12.9. The Bertz CT molecular complexity index is 207. The number of rotatable bonds is 3. The number of halogens is 2. The van der Waals surface area contributed by atoms with Crippen LogP contribution >= 0.6 is 15.9 Å². The zero-order valence-electron chi connectivity index (χ0n) is 8.27. The molecule has 0 bridgehead atoms. The average molecular weight is 251 g/mol. The second kappa shape index (κ2) is 9.68. The minimum absolute atomic E-state index is 0.163. The molecular weight excluding hydrogens is 235 g/mol. The van der Waals surface area contributed by atoms with E-state index in [1.54, 1.807) is 13.0 Å². The van der Waals surface area contributed by atoms with Gasteiger partial charge >= 0.3 is 0 Å². The highest BCUT2D eigenvalue weighted by molar-refractivity contribution is 9.11. The molecule has 13 heavy (non-hydrogen) atoms. The number of aliphatic hydroxyl groups is 1. The predicted octanol–water partition coefficient (Wildman–Crippen LogP) is 3.71. The predicted molar refractivity (Wildman–Crippen MR) is 59.4 cm³/mol. The minimum Gasteiger partial charge on any atom is -0.392 e. The van der Waals surface area contributed by atoms with Crippen LogP contribution in [-0.4, -0.2) is 11.7 Å². The van der Waals surface area contributed by atoms with Crippen LogP contribution in [0.1, 0.15) is 20.8 Å². The molecule has 0 atom stereocenters. The zero-order valence-corrected chi connectivity index (χ0v) is 9.86. The van der Waals surface area contributed by atoms with Crippen molar-refractivity contribution < 1.29 is 9.50 Å². The molecule has 0 unspecified atom stereocenters. The van der Waals surface area contributed by atoms with Gasteiger partial charge in [0.15, 0.2) is 0 Å². The number of hydrogen-bond donors (Lipinski definition) is 1. The molecule has 76 valence electrons. The summed E-state index contributed by atoms with van der Waals surface area (Å²) in [4.78, 5) is 0. The summed E-state index contributed by atoms with van der Waals surface area (Å²) in [6.45, 7) is 8.91. The third-order valence-electron chi connectivity index (χ3n) is 1.12. The van der Waals surface area contributed by atoms with Gasteiger partial charge in [0.05, 0.1) is 6.61 Å². The van der Waals surface area contributed by atoms with Gasteiger partial charge in [0.25, 0.3) is 0 Å². The molecule has 0 heterocycles. The van der Waals surface area contributed by atoms with E-state index in [1.807, 2.05) is 13.8 Å². The fourth-order valence-corrected chi connectivity index (χ4v) is 0.576. The molecule has 0 fully saturated rings. The van der Waals surface area contributed by atoms with E-state index in [4.69, 9.17) is 5.11 Å². The lowest BCUT2D eigenvalue weighted by Crippen LogP contribution is -1.86. The molecule has 1 N–H and O–H groups in total. The van der Waals surface area contributed by atoms with E-state index < -0.39 is 5.83 Å². The molecule has 0 aliphatic heterocycles. The Morgan fingerprint density at radius 2 is 2.00 bits per heavy atom. The Labute approximate surface area is 87.8 Å². The molecule has 0 aromatic heterocycles. The molecule has 0 amide bonds. The summed E-state index contributed by atoms with van der Waals surface area (Å²) in [5.74, 6) is -0.466. The van der Waals surface area contributed by atoms with Crippen LogP contribution in [0.2, 0.25) is 0 Å². The van der Waals surface area contributed by atoms with Crippen LogP contribution in [0.4, 0.5) is 4.39 Å². The molecule has 0 aromatic carbocycles. The topological polar surface area (TPSA) is 20.2 Å². The maximum atomic E-state index is 12.7. The quantitative estimate of drug-likeness (QED) is 0.758. The molecular formula is C10H16BrFO. The molecule has 1 nitrogen and oxygen atoms in total. The molecule has 0 saturated carbocycles. The number of aliphatic hydroxyl groups excluding tert-OH is 1. The van der Waals surface area contributed by atoms with Crippen molar-refractivity contribution >= 4 is 15.9 Å². The standard InChI is InChI=1S/C8H10BrFO.C2H6/c1-3-7(5-11)4-8(10)6(2)9;1-2/h3-4,11H,2,5H2,1H3;1-2H3/b7-3+,8-4+;. The first-order chi connectivity index (χ1) is 6.11. The van der Waals surface area contributed by atoms with E-state index in [9.17, 15) is 4.39 Å². The Morgan fingerprint density at radius 1 is 1.54 bits per heavy atom. The number of hydrogen-bond acceptors (Lipinski definition) is 1. The van der Waals surface area contributed by atoms with Gasteiger partial charge in [-0.15, -0.1) is 0 Å². The van der Waals surface area contributed by atoms with Crippen LogP contribution in [0.15, 0.2) is 34.6 Å². The maximum absolute atomic E-state index is 12.7. The summed E-state index contributed by atoms with van der Waals surface area (Å²) in [5, 5.41) is 8.63. The molecule has 0 spiro atoms. The van der Waals surface area contributed by atoms with Crippen LogP contribution in [-0.2, 0) is 0 Å². The van der Waals surface area contributed by atoms with Gasteiger partial charge in [0.2, 0.25) is 0 Å². The lowest BCUT2D eigenvalue weighted by molar-refractivity contribution is 0.334. The Hall–Kier alpha value is -0.410. The van der Waals surface area contributed by atoms with Gasteiger partial charge in [-0.2, -0.15) is 0 Å². The van der Waals surface area contributed by atoms with E-state index in [-0.39, 0.29) is 11.1 Å². The molecule has 0 radical (unpaired) electrons. The van der Waals surface area contributed by atoms with Crippen molar-refractivity contribution in [1.29, 1.82) is 0 Å². The molecule has 0 rings (SSSR count). The van der Waals surface area contributed by atoms with Gasteiger partial charge in [0, 0.05) is 4.48 Å². The van der Waals surface area contributed by atoms with Gasteiger partial charge in [-0.25, -0.2) is 4.39 Å². The van der Waals surface area contributed by atoms with Crippen molar-refractivity contribution in [3.63, 3.8) is 0 Å². The van der Waals surface area contributed by atoms with Gasteiger partial charge in [-0.05, 0) is 34.5 Å². The van der Waals surface area contributed by atoms with E-state index in [0.29, 0.717) is 5.57 Å². The highest BCUT2D eigenvalue weighted by Gasteiger charge is 1.97. The monoisotopic (exact) mass is 250 g/mol. The first kappa shape index (κ1) is 15.1. The normalized spacial score (nSPS) is 11.8. The van der Waals surface area contributed by atoms with Crippen LogP contribution in [0, 0.1) is 0 Å². The van der Waals surface area contributed by atoms with Crippen LogP contribution in [0.5, 0.6) is 0 Å². The van der Waals surface area contributed by atoms with Crippen molar-refractivity contribution in [2.24, 2.45) is 0 Å². The second-order valence-corrected chi connectivity index (χ2v) is 2.88. The lowest BCUT2D eigenvalue weighted by Gasteiger charge is -1.95.